The van der Waals surface area contributed by atoms with Crippen molar-refractivity contribution in [2.24, 2.45) is 11.5 Å². The first kappa shape index (κ1) is 29.5. The number of hydrogen-bond donors (Lipinski definition) is 4. The van der Waals surface area contributed by atoms with E-state index in [9.17, 15) is 18.0 Å². The van der Waals surface area contributed by atoms with Gasteiger partial charge >= 0.3 is 12.1 Å². The van der Waals surface area contributed by atoms with Crippen molar-refractivity contribution in [1.82, 2.24) is 5.32 Å². The van der Waals surface area contributed by atoms with Gasteiger partial charge in [0, 0.05) is 12.1 Å². The lowest BCUT2D eigenvalue weighted by atomic mass is 9.92. The Morgan fingerprint density at radius 3 is 2.32 bits per heavy atom. The van der Waals surface area contributed by atoms with Gasteiger partial charge in [-0.2, -0.15) is 13.2 Å². The third kappa shape index (κ3) is 10.2. The van der Waals surface area contributed by atoms with Crippen molar-refractivity contribution >= 4 is 22.5 Å². The molecule has 0 saturated carbocycles. The fourth-order valence-corrected chi connectivity index (χ4v) is 3.49. The first-order chi connectivity index (χ1) is 16.1. The second-order valence-electron chi connectivity index (χ2n) is 8.11. The third-order valence-corrected chi connectivity index (χ3v) is 5.36. The van der Waals surface area contributed by atoms with Gasteiger partial charge in [0.05, 0.1) is 6.04 Å². The number of carbonyl (C=O) groups excluding carboxylic acids is 1. The van der Waals surface area contributed by atoms with Gasteiger partial charge in [0.2, 0.25) is 0 Å². The van der Waals surface area contributed by atoms with Gasteiger partial charge < -0.3 is 21.9 Å². The largest absolute Gasteiger partial charge is 0.490 e. The van der Waals surface area contributed by atoms with E-state index in [1.807, 2.05) is 24.3 Å². The van der Waals surface area contributed by atoms with Crippen LogP contribution >= 0.6 is 0 Å². The molecule has 2 aromatic rings. The van der Waals surface area contributed by atoms with Gasteiger partial charge in [-0.1, -0.05) is 69.0 Å². The molecule has 34 heavy (non-hydrogen) atoms. The Balaban J connectivity index is 0.000000718. The second-order valence-corrected chi connectivity index (χ2v) is 8.11. The first-order valence-corrected chi connectivity index (χ1v) is 11.6. The molecule has 1 atom stereocenters. The average molecular weight is 484 g/mol. The zero-order valence-electron chi connectivity index (χ0n) is 19.7. The van der Waals surface area contributed by atoms with E-state index in [-0.39, 0.29) is 5.78 Å². The number of nitrogens with two attached hydrogens (primary N) is 2. The minimum Gasteiger partial charge on any atom is -0.475 e. The maximum Gasteiger partial charge on any atom is 0.490 e. The van der Waals surface area contributed by atoms with E-state index < -0.39 is 18.2 Å². The summed E-state index contributed by atoms with van der Waals surface area (Å²) in [5.74, 6) is -2.71. The number of Topliss-reactive ketones (excluding diaryl/α,β-unsaturated/α-hetero) is 1. The van der Waals surface area contributed by atoms with Gasteiger partial charge in [-0.25, -0.2) is 4.79 Å². The van der Waals surface area contributed by atoms with Crippen LogP contribution in [-0.4, -0.2) is 42.2 Å². The van der Waals surface area contributed by atoms with Crippen LogP contribution in [0.5, 0.6) is 0 Å². The quantitative estimate of drug-likeness (QED) is 0.240. The molecule has 0 radical (unpaired) electrons. The van der Waals surface area contributed by atoms with Gasteiger partial charge in [0.1, 0.15) is 0 Å². The smallest absolute Gasteiger partial charge is 0.475 e. The van der Waals surface area contributed by atoms with Crippen LogP contribution in [0.15, 0.2) is 36.4 Å². The molecule has 0 aromatic heterocycles. The standard InChI is InChI=1S/C23H35N3O.C2HF3O2/c1-2-3-4-9-16-26-17-21-19-11-6-5-10-18(19)13-14-20(21)23(27)22(25)12-7-8-15-24;3-2(4,5)1(6)7/h5-6,10-11,13-14,22,26H,2-4,7-9,12,15-17,24-25H2,1H3;(H,6,7)/t22-;/m0./s1. The van der Waals surface area contributed by atoms with E-state index in [0.717, 1.165) is 41.3 Å². The van der Waals surface area contributed by atoms with Crippen LogP contribution in [-0.2, 0) is 11.3 Å². The highest BCUT2D eigenvalue weighted by Crippen LogP contribution is 2.24. The number of carbonyl (C=O) groups is 2. The average Bonchev–Trinajstić information content (AvgIpc) is 2.80. The molecule has 6 N–H and O–H groups in total. The van der Waals surface area contributed by atoms with Gasteiger partial charge in [-0.05, 0) is 48.7 Å². The molecule has 190 valence electrons. The predicted molar refractivity (Wildman–Crippen MR) is 129 cm³/mol. The van der Waals surface area contributed by atoms with Crippen molar-refractivity contribution in [1.29, 1.82) is 0 Å². The molecule has 0 amide bonds. The summed E-state index contributed by atoms with van der Waals surface area (Å²) < 4.78 is 31.7. The zero-order valence-corrected chi connectivity index (χ0v) is 19.7. The number of fused-ring (bicyclic) bond motifs is 1. The van der Waals surface area contributed by atoms with Gasteiger partial charge in [-0.15, -0.1) is 0 Å². The fourth-order valence-electron chi connectivity index (χ4n) is 3.49. The number of rotatable bonds is 13. The van der Waals surface area contributed by atoms with Crippen LogP contribution in [0.1, 0.15) is 67.8 Å². The van der Waals surface area contributed by atoms with Crippen LogP contribution in [0.3, 0.4) is 0 Å². The second kappa shape index (κ2) is 15.4. The van der Waals surface area contributed by atoms with Crippen LogP contribution in [0.25, 0.3) is 10.8 Å². The molecule has 0 spiro atoms. The number of carboxylic acid groups (broad SMARTS) is 1. The Morgan fingerprint density at radius 1 is 1.03 bits per heavy atom. The molecule has 0 aliphatic heterocycles. The first-order valence-electron chi connectivity index (χ1n) is 11.6. The third-order valence-electron chi connectivity index (χ3n) is 5.36. The van der Waals surface area contributed by atoms with Gasteiger partial charge in [0.25, 0.3) is 0 Å². The van der Waals surface area contributed by atoms with Crippen LogP contribution in [0, 0.1) is 0 Å². The van der Waals surface area contributed by atoms with Crippen molar-refractivity contribution in [2.75, 3.05) is 13.1 Å². The maximum atomic E-state index is 13.0. The van der Waals surface area contributed by atoms with E-state index in [4.69, 9.17) is 21.4 Å². The number of carboxylic acids is 1. The van der Waals surface area contributed by atoms with E-state index in [1.165, 1.54) is 25.7 Å². The number of aliphatic carboxylic acids is 1. The van der Waals surface area contributed by atoms with E-state index in [1.54, 1.807) is 0 Å². The molecule has 9 heteroatoms. The molecular formula is C25H36F3N3O3. The number of nitrogens with one attached hydrogen (secondary N) is 1. The zero-order chi connectivity index (χ0) is 25.6. The van der Waals surface area contributed by atoms with Crippen molar-refractivity contribution in [3.8, 4) is 0 Å². The summed E-state index contributed by atoms with van der Waals surface area (Å²) in [5, 5.41) is 13.0. The number of ketones is 1. The molecule has 0 unspecified atom stereocenters. The Labute approximate surface area is 198 Å². The predicted octanol–water partition coefficient (Wildman–Crippen LogP) is 4.78. The van der Waals surface area contributed by atoms with Gasteiger partial charge in [-0.3, -0.25) is 4.79 Å². The molecule has 0 saturated heterocycles. The Morgan fingerprint density at radius 2 is 1.71 bits per heavy atom. The molecule has 2 aromatic carbocycles. The van der Waals surface area contributed by atoms with E-state index in [2.05, 4.69) is 24.4 Å². The monoisotopic (exact) mass is 483 g/mol. The Kier molecular flexibility index (Phi) is 13.4. The van der Waals surface area contributed by atoms with Crippen LogP contribution in [0.2, 0.25) is 0 Å². The van der Waals surface area contributed by atoms with Crippen molar-refractivity contribution in [3.05, 3.63) is 47.5 Å². The van der Waals surface area contributed by atoms with E-state index >= 15 is 0 Å². The van der Waals surface area contributed by atoms with Crippen molar-refractivity contribution in [2.45, 2.75) is 70.6 Å². The summed E-state index contributed by atoms with van der Waals surface area (Å²) in [6.07, 6.45) is 2.33. The topological polar surface area (TPSA) is 118 Å². The summed E-state index contributed by atoms with van der Waals surface area (Å²) in [4.78, 5) is 21.9. The fraction of sp³-hybridized carbons (Fsp3) is 0.520. The molecule has 0 bridgehead atoms. The molecule has 0 heterocycles. The van der Waals surface area contributed by atoms with Crippen molar-refractivity contribution < 1.29 is 27.9 Å². The number of alkyl halides is 3. The number of hydrogen-bond acceptors (Lipinski definition) is 5. The number of unbranched alkanes of at least 4 members (excludes halogenated alkanes) is 4. The maximum absolute atomic E-state index is 13.0. The highest BCUT2D eigenvalue weighted by molar-refractivity contribution is 6.05. The Hall–Kier alpha value is -2.49. The van der Waals surface area contributed by atoms with Gasteiger partial charge in [0.15, 0.2) is 5.78 Å². The lowest BCUT2D eigenvalue weighted by molar-refractivity contribution is -0.192. The molecule has 6 nitrogen and oxygen atoms in total. The van der Waals surface area contributed by atoms with Crippen molar-refractivity contribution in [3.63, 3.8) is 0 Å². The highest BCUT2D eigenvalue weighted by Gasteiger charge is 2.38. The normalized spacial score (nSPS) is 12.2. The van der Waals surface area contributed by atoms with Crippen LogP contribution < -0.4 is 16.8 Å². The molecule has 0 aliphatic rings. The number of benzene rings is 2. The summed E-state index contributed by atoms with van der Waals surface area (Å²) in [7, 11) is 0. The minimum atomic E-state index is -5.08. The summed E-state index contributed by atoms with van der Waals surface area (Å²) in [6, 6.07) is 11.8. The number of halogens is 3. The SMILES string of the molecule is CCCCCCNCc1c(C(=O)[C@@H](N)CCCCN)ccc2ccccc12.O=C(O)C(F)(F)F. The highest BCUT2D eigenvalue weighted by atomic mass is 19.4. The molecule has 0 aliphatic carbocycles. The van der Waals surface area contributed by atoms with E-state index in [0.29, 0.717) is 19.5 Å². The minimum absolute atomic E-state index is 0.0422. The molecule has 2 rings (SSSR count). The molecule has 0 fully saturated rings. The lowest BCUT2D eigenvalue weighted by Crippen LogP contribution is -2.32. The van der Waals surface area contributed by atoms with Crippen LogP contribution in [0.4, 0.5) is 13.2 Å². The Bertz CT molecular complexity index is 904. The summed E-state index contributed by atoms with van der Waals surface area (Å²) in [5.41, 5.74) is 13.6. The lowest BCUT2D eigenvalue weighted by Gasteiger charge is -2.17. The summed E-state index contributed by atoms with van der Waals surface area (Å²) >= 11 is 0. The molecular weight excluding hydrogens is 447 g/mol. The summed E-state index contributed by atoms with van der Waals surface area (Å²) in [6.45, 7) is 4.53.